The van der Waals surface area contributed by atoms with E-state index in [9.17, 15) is 0 Å². The summed E-state index contributed by atoms with van der Waals surface area (Å²) in [4.78, 5) is 0. The summed E-state index contributed by atoms with van der Waals surface area (Å²) in [6, 6.07) is 8.78. The normalized spacial score (nSPS) is 14.0. The minimum atomic E-state index is 0.326. The molecule has 1 heterocycles. The molecule has 1 nitrogen and oxygen atoms in total. The third-order valence-corrected chi connectivity index (χ3v) is 5.21. The topological polar surface area (TPSA) is 12.0 Å². The van der Waals surface area contributed by atoms with E-state index >= 15 is 0 Å². The molecule has 0 fully saturated rings. The highest BCUT2D eigenvalue weighted by Gasteiger charge is 2.25. The van der Waals surface area contributed by atoms with E-state index in [2.05, 4.69) is 69.6 Å². The maximum atomic E-state index is 3.66. The lowest BCUT2D eigenvalue weighted by atomic mass is 9.77. The van der Waals surface area contributed by atoms with E-state index in [4.69, 9.17) is 0 Å². The van der Waals surface area contributed by atoms with Crippen molar-refractivity contribution >= 4 is 21.4 Å². The predicted molar refractivity (Wildman–Crippen MR) is 96.2 cm³/mol. The van der Waals surface area contributed by atoms with Crippen LogP contribution in [0, 0.1) is 17.3 Å². The fourth-order valence-electron chi connectivity index (χ4n) is 2.69. The van der Waals surface area contributed by atoms with Gasteiger partial charge in [0.15, 0.2) is 0 Å². The molecule has 0 saturated carbocycles. The van der Waals surface area contributed by atoms with E-state index in [1.807, 2.05) is 11.3 Å². The first-order valence-electron chi connectivity index (χ1n) is 8.03. The first kappa shape index (κ1) is 16.5. The van der Waals surface area contributed by atoms with Crippen molar-refractivity contribution in [3.05, 3.63) is 35.2 Å². The molecule has 2 aromatic rings. The van der Waals surface area contributed by atoms with Crippen LogP contribution in [0.3, 0.4) is 0 Å². The van der Waals surface area contributed by atoms with E-state index in [1.165, 1.54) is 22.1 Å². The van der Waals surface area contributed by atoms with Gasteiger partial charge >= 0.3 is 0 Å². The number of benzene rings is 1. The van der Waals surface area contributed by atoms with Crippen molar-refractivity contribution in [2.45, 2.75) is 41.0 Å². The molecule has 1 aromatic carbocycles. The van der Waals surface area contributed by atoms with Crippen LogP contribution in [0.25, 0.3) is 10.1 Å². The van der Waals surface area contributed by atoms with Crippen molar-refractivity contribution in [3.63, 3.8) is 0 Å². The lowest BCUT2D eigenvalue weighted by molar-refractivity contribution is 0.229. The molecule has 0 bridgehead atoms. The Morgan fingerprint density at radius 2 is 1.81 bits per heavy atom. The highest BCUT2D eigenvalue weighted by atomic mass is 32.1. The van der Waals surface area contributed by atoms with Crippen molar-refractivity contribution in [1.29, 1.82) is 0 Å². The van der Waals surface area contributed by atoms with Gasteiger partial charge < -0.3 is 5.32 Å². The molecule has 116 valence electrons. The van der Waals surface area contributed by atoms with Crippen molar-refractivity contribution in [2.75, 3.05) is 13.1 Å². The van der Waals surface area contributed by atoms with Crippen LogP contribution in [0.4, 0.5) is 0 Å². The molecule has 0 aliphatic heterocycles. The largest absolute Gasteiger partial charge is 0.316 e. The summed E-state index contributed by atoms with van der Waals surface area (Å²) < 4.78 is 1.41. The summed E-state index contributed by atoms with van der Waals surface area (Å²) in [5.41, 5.74) is 1.84. The third-order valence-electron chi connectivity index (χ3n) is 4.20. The second-order valence-electron chi connectivity index (χ2n) is 7.58. The Bertz CT molecular complexity index is 562. The van der Waals surface area contributed by atoms with Crippen LogP contribution in [0.1, 0.15) is 40.2 Å². The molecule has 0 radical (unpaired) electrons. The van der Waals surface area contributed by atoms with Crippen LogP contribution in [0.5, 0.6) is 0 Å². The van der Waals surface area contributed by atoms with Gasteiger partial charge in [0, 0.05) is 4.70 Å². The monoisotopic (exact) mass is 303 g/mol. The molecular weight excluding hydrogens is 274 g/mol. The lowest BCUT2D eigenvalue weighted by Gasteiger charge is -2.31. The predicted octanol–water partition coefficient (Wildman–Crippen LogP) is 5.35. The molecule has 2 rings (SSSR count). The zero-order valence-corrected chi connectivity index (χ0v) is 14.9. The fourth-order valence-corrected chi connectivity index (χ4v) is 3.66. The van der Waals surface area contributed by atoms with Gasteiger partial charge in [0.25, 0.3) is 0 Å². The van der Waals surface area contributed by atoms with Gasteiger partial charge in [-0.1, -0.05) is 52.8 Å². The molecule has 1 N–H and O–H groups in total. The van der Waals surface area contributed by atoms with Gasteiger partial charge in [0.05, 0.1) is 0 Å². The van der Waals surface area contributed by atoms with E-state index in [-0.39, 0.29) is 0 Å². The quantitative estimate of drug-likeness (QED) is 0.758. The number of nitrogens with one attached hydrogen (secondary N) is 1. The first-order valence-corrected chi connectivity index (χ1v) is 8.91. The summed E-state index contributed by atoms with van der Waals surface area (Å²) in [7, 11) is 0. The summed E-state index contributed by atoms with van der Waals surface area (Å²) in [6.07, 6.45) is 1.17. The Kier molecular flexibility index (Phi) is 5.45. The number of thiophene rings is 1. The molecule has 0 saturated heterocycles. The maximum Gasteiger partial charge on any atom is 0.0345 e. The highest BCUT2D eigenvalue weighted by molar-refractivity contribution is 7.17. The third kappa shape index (κ3) is 4.55. The summed E-state index contributed by atoms with van der Waals surface area (Å²) >= 11 is 1.87. The Hall–Kier alpha value is -0.860. The molecule has 0 spiro atoms. The summed E-state index contributed by atoms with van der Waals surface area (Å²) in [6.45, 7) is 13.8. The van der Waals surface area contributed by atoms with Crippen molar-refractivity contribution in [3.8, 4) is 0 Å². The molecule has 2 heteroatoms. The number of rotatable bonds is 6. The van der Waals surface area contributed by atoms with Crippen LogP contribution < -0.4 is 5.32 Å². The van der Waals surface area contributed by atoms with Crippen LogP contribution in [-0.4, -0.2) is 13.1 Å². The minimum absolute atomic E-state index is 0.326. The highest BCUT2D eigenvalue weighted by Crippen LogP contribution is 2.33. The average Bonchev–Trinajstić information content (AvgIpc) is 2.79. The van der Waals surface area contributed by atoms with E-state index < -0.39 is 0 Å². The Morgan fingerprint density at radius 1 is 1.10 bits per heavy atom. The maximum absolute atomic E-state index is 3.66. The van der Waals surface area contributed by atoms with Crippen LogP contribution in [-0.2, 0) is 6.42 Å². The summed E-state index contributed by atoms with van der Waals surface area (Å²) in [5, 5.41) is 7.45. The SMILES string of the molecule is CC(C)CNCC(Cc1csc2ccccc12)C(C)(C)C. The standard InChI is InChI=1S/C19H29NS/c1-14(2)11-20-12-16(19(3,4)5)10-15-13-21-18-9-7-6-8-17(15)18/h6-9,13-14,16,20H,10-12H2,1-5H3. The lowest BCUT2D eigenvalue weighted by Crippen LogP contribution is -2.34. The molecule has 21 heavy (non-hydrogen) atoms. The molecular formula is C19H29NS. The Labute approximate surface area is 133 Å². The molecule has 1 atom stereocenters. The van der Waals surface area contributed by atoms with Gasteiger partial charge in [-0.05, 0) is 59.2 Å². The van der Waals surface area contributed by atoms with Gasteiger partial charge in [0.2, 0.25) is 0 Å². The first-order chi connectivity index (χ1) is 9.88. The van der Waals surface area contributed by atoms with E-state index in [1.54, 1.807) is 0 Å². The second-order valence-corrected chi connectivity index (χ2v) is 8.49. The average molecular weight is 304 g/mol. The van der Waals surface area contributed by atoms with E-state index in [0.29, 0.717) is 17.3 Å². The molecule has 1 unspecified atom stereocenters. The van der Waals surface area contributed by atoms with Crippen LogP contribution in [0.15, 0.2) is 29.6 Å². The zero-order chi connectivity index (χ0) is 15.5. The second kappa shape index (κ2) is 6.93. The Morgan fingerprint density at radius 3 is 2.48 bits per heavy atom. The van der Waals surface area contributed by atoms with Gasteiger partial charge in [-0.15, -0.1) is 11.3 Å². The smallest absolute Gasteiger partial charge is 0.0345 e. The van der Waals surface area contributed by atoms with Gasteiger partial charge in [0.1, 0.15) is 0 Å². The molecule has 0 amide bonds. The molecule has 1 aromatic heterocycles. The van der Waals surface area contributed by atoms with Crippen LogP contribution in [0.2, 0.25) is 0 Å². The number of hydrogen-bond acceptors (Lipinski definition) is 2. The Balaban J connectivity index is 2.11. The van der Waals surface area contributed by atoms with Crippen molar-refractivity contribution in [2.24, 2.45) is 17.3 Å². The zero-order valence-electron chi connectivity index (χ0n) is 14.1. The van der Waals surface area contributed by atoms with E-state index in [0.717, 1.165) is 13.1 Å². The fraction of sp³-hybridized carbons (Fsp3) is 0.579. The van der Waals surface area contributed by atoms with Gasteiger partial charge in [-0.3, -0.25) is 0 Å². The van der Waals surface area contributed by atoms with Gasteiger partial charge in [-0.2, -0.15) is 0 Å². The van der Waals surface area contributed by atoms with Gasteiger partial charge in [-0.25, -0.2) is 0 Å². The van der Waals surface area contributed by atoms with Crippen molar-refractivity contribution < 1.29 is 0 Å². The van der Waals surface area contributed by atoms with Crippen LogP contribution >= 0.6 is 11.3 Å². The van der Waals surface area contributed by atoms with Crippen molar-refractivity contribution in [1.82, 2.24) is 5.32 Å². The number of hydrogen-bond donors (Lipinski definition) is 1. The molecule has 0 aliphatic carbocycles. The minimum Gasteiger partial charge on any atom is -0.316 e. The molecule has 0 aliphatic rings. The summed E-state index contributed by atoms with van der Waals surface area (Å²) in [5.74, 6) is 1.38. The number of fused-ring (bicyclic) bond motifs is 1.